The molecule has 0 unspecified atom stereocenters. The highest BCUT2D eigenvalue weighted by molar-refractivity contribution is 6.69. The molecule has 3 aliphatic heterocycles. The SMILES string of the molecule is NC1=NN=C(CN(CCN2CCOCC2)CCN2CCOCC2)/C1=N\Nc1ccc(F)c(F)c1. The van der Waals surface area contributed by atoms with E-state index in [1.54, 1.807) is 0 Å². The van der Waals surface area contributed by atoms with E-state index in [-0.39, 0.29) is 5.84 Å². The van der Waals surface area contributed by atoms with Crippen LogP contribution >= 0.6 is 0 Å². The molecule has 0 radical (unpaired) electrons. The van der Waals surface area contributed by atoms with Crippen LogP contribution in [0, 0.1) is 11.6 Å². The van der Waals surface area contributed by atoms with Gasteiger partial charge in [-0.05, 0) is 12.1 Å². The molecule has 186 valence electrons. The number of hydrogen-bond donors (Lipinski definition) is 2. The van der Waals surface area contributed by atoms with Crippen LogP contribution < -0.4 is 11.2 Å². The summed E-state index contributed by atoms with van der Waals surface area (Å²) in [5, 5.41) is 12.5. The van der Waals surface area contributed by atoms with Crippen LogP contribution in [0.2, 0.25) is 0 Å². The number of nitrogens with two attached hydrogens (primary N) is 1. The minimum atomic E-state index is -0.954. The number of nitrogens with zero attached hydrogens (tertiary/aromatic N) is 6. The molecule has 2 saturated heterocycles. The van der Waals surface area contributed by atoms with Gasteiger partial charge in [0.1, 0.15) is 5.71 Å². The van der Waals surface area contributed by atoms with E-state index in [0.717, 1.165) is 90.9 Å². The monoisotopic (exact) mass is 478 g/mol. The highest BCUT2D eigenvalue weighted by Gasteiger charge is 2.24. The molecule has 0 aromatic heterocycles. The van der Waals surface area contributed by atoms with Gasteiger partial charge in [0.05, 0.1) is 32.1 Å². The van der Waals surface area contributed by atoms with E-state index in [1.807, 2.05) is 0 Å². The molecular formula is C22H32F2N8O2. The first-order valence-electron chi connectivity index (χ1n) is 11.6. The zero-order valence-corrected chi connectivity index (χ0v) is 19.3. The lowest BCUT2D eigenvalue weighted by Gasteiger charge is -2.32. The van der Waals surface area contributed by atoms with Crippen LogP contribution in [0.3, 0.4) is 0 Å². The zero-order chi connectivity index (χ0) is 23.8. The van der Waals surface area contributed by atoms with Crippen molar-refractivity contribution in [2.75, 3.05) is 90.8 Å². The van der Waals surface area contributed by atoms with Gasteiger partial charge < -0.3 is 15.2 Å². The van der Waals surface area contributed by atoms with Crippen LogP contribution in [0.25, 0.3) is 0 Å². The molecule has 10 nitrogen and oxygen atoms in total. The Kier molecular flexibility index (Phi) is 8.88. The van der Waals surface area contributed by atoms with Crippen LogP contribution in [0.4, 0.5) is 14.5 Å². The molecule has 12 heteroatoms. The van der Waals surface area contributed by atoms with Gasteiger partial charge in [-0.1, -0.05) is 0 Å². The van der Waals surface area contributed by atoms with Gasteiger partial charge in [0, 0.05) is 65.0 Å². The maximum Gasteiger partial charge on any atom is 0.175 e. The second-order valence-corrected chi connectivity index (χ2v) is 8.42. The summed E-state index contributed by atoms with van der Waals surface area (Å²) in [5.74, 6) is -1.69. The Morgan fingerprint density at radius 1 is 0.941 bits per heavy atom. The molecule has 3 N–H and O–H groups in total. The van der Waals surface area contributed by atoms with Crippen molar-refractivity contribution < 1.29 is 18.3 Å². The predicted molar refractivity (Wildman–Crippen MR) is 127 cm³/mol. The highest BCUT2D eigenvalue weighted by atomic mass is 19.2. The number of benzene rings is 1. The summed E-state index contributed by atoms with van der Waals surface area (Å²) in [6.07, 6.45) is 0. The number of anilines is 1. The first-order chi connectivity index (χ1) is 16.6. The van der Waals surface area contributed by atoms with Crippen LogP contribution in [-0.2, 0) is 9.47 Å². The fraction of sp³-hybridized carbons (Fsp3) is 0.591. The van der Waals surface area contributed by atoms with Gasteiger partial charge in [-0.3, -0.25) is 20.1 Å². The van der Waals surface area contributed by atoms with Crippen molar-refractivity contribution in [2.24, 2.45) is 21.0 Å². The third-order valence-corrected chi connectivity index (χ3v) is 6.06. The van der Waals surface area contributed by atoms with Crippen LogP contribution in [0.5, 0.6) is 0 Å². The van der Waals surface area contributed by atoms with E-state index in [4.69, 9.17) is 15.2 Å². The van der Waals surface area contributed by atoms with Crippen molar-refractivity contribution in [3.05, 3.63) is 29.8 Å². The number of amidine groups is 1. The molecule has 2 fully saturated rings. The van der Waals surface area contributed by atoms with Crippen LogP contribution in [0.15, 0.2) is 33.5 Å². The van der Waals surface area contributed by atoms with Gasteiger partial charge in [-0.15, -0.1) is 10.2 Å². The minimum Gasteiger partial charge on any atom is -0.380 e. The van der Waals surface area contributed by atoms with Crippen molar-refractivity contribution in [2.45, 2.75) is 0 Å². The first kappa shape index (κ1) is 24.6. The smallest absolute Gasteiger partial charge is 0.175 e. The van der Waals surface area contributed by atoms with Crippen molar-refractivity contribution in [3.8, 4) is 0 Å². The molecular weight excluding hydrogens is 446 g/mol. The Morgan fingerprint density at radius 3 is 2.15 bits per heavy atom. The van der Waals surface area contributed by atoms with Crippen LogP contribution in [0.1, 0.15) is 0 Å². The predicted octanol–water partition coefficient (Wildman–Crippen LogP) is 0.426. The summed E-state index contributed by atoms with van der Waals surface area (Å²) in [4.78, 5) is 7.11. The van der Waals surface area contributed by atoms with Gasteiger partial charge >= 0.3 is 0 Å². The number of hydrogen-bond acceptors (Lipinski definition) is 10. The van der Waals surface area contributed by atoms with Crippen molar-refractivity contribution >= 4 is 22.9 Å². The van der Waals surface area contributed by atoms with E-state index in [2.05, 4.69) is 35.4 Å². The lowest BCUT2D eigenvalue weighted by molar-refractivity contribution is 0.0271. The lowest BCUT2D eigenvalue weighted by atomic mass is 10.2. The molecule has 0 amide bonds. The third kappa shape index (κ3) is 7.00. The van der Waals surface area contributed by atoms with E-state index >= 15 is 0 Å². The van der Waals surface area contributed by atoms with Crippen molar-refractivity contribution in [3.63, 3.8) is 0 Å². The molecule has 0 bridgehead atoms. The van der Waals surface area contributed by atoms with Crippen molar-refractivity contribution in [1.29, 1.82) is 0 Å². The number of morpholine rings is 2. The second kappa shape index (κ2) is 12.3. The topological polar surface area (TPSA) is 103 Å². The molecule has 0 saturated carbocycles. The second-order valence-electron chi connectivity index (χ2n) is 8.42. The first-order valence-corrected chi connectivity index (χ1v) is 11.6. The number of halogens is 2. The van der Waals surface area contributed by atoms with E-state index in [0.29, 0.717) is 23.7 Å². The summed E-state index contributed by atoms with van der Waals surface area (Å²) in [7, 11) is 0. The molecule has 34 heavy (non-hydrogen) atoms. The molecule has 0 aliphatic carbocycles. The minimum absolute atomic E-state index is 0.186. The van der Waals surface area contributed by atoms with Gasteiger partial charge in [0.2, 0.25) is 0 Å². The Labute approximate surface area is 198 Å². The molecule has 3 aliphatic rings. The highest BCUT2D eigenvalue weighted by Crippen LogP contribution is 2.13. The van der Waals surface area contributed by atoms with Crippen LogP contribution in [-0.4, -0.2) is 117 Å². The van der Waals surface area contributed by atoms with E-state index < -0.39 is 11.6 Å². The number of hydrazone groups is 1. The lowest BCUT2D eigenvalue weighted by Crippen LogP contribution is -2.47. The fourth-order valence-corrected chi connectivity index (χ4v) is 3.97. The Hall–Kier alpha value is -2.51. The van der Waals surface area contributed by atoms with Gasteiger partial charge in [0.15, 0.2) is 23.2 Å². The summed E-state index contributed by atoms with van der Waals surface area (Å²) < 4.78 is 37.6. The summed E-state index contributed by atoms with van der Waals surface area (Å²) in [6.45, 7) is 10.8. The molecule has 0 spiro atoms. The maximum atomic E-state index is 13.5. The largest absolute Gasteiger partial charge is 0.380 e. The third-order valence-electron chi connectivity index (χ3n) is 6.06. The number of ether oxygens (including phenoxy) is 2. The Balaban J connectivity index is 1.39. The normalized spacial score (nSPS) is 21.2. The summed E-state index contributed by atoms with van der Waals surface area (Å²) in [5.41, 5.74) is 10.1. The zero-order valence-electron chi connectivity index (χ0n) is 19.3. The molecule has 0 atom stereocenters. The Bertz CT molecular complexity index is 892. The van der Waals surface area contributed by atoms with Crippen molar-refractivity contribution in [1.82, 2.24) is 14.7 Å². The average Bonchev–Trinajstić information content (AvgIpc) is 3.21. The molecule has 1 aromatic carbocycles. The summed E-state index contributed by atoms with van der Waals surface area (Å²) >= 11 is 0. The fourth-order valence-electron chi connectivity index (χ4n) is 3.97. The van der Waals surface area contributed by atoms with Gasteiger partial charge in [-0.25, -0.2) is 8.78 Å². The van der Waals surface area contributed by atoms with E-state index in [1.165, 1.54) is 6.07 Å². The van der Waals surface area contributed by atoms with Gasteiger partial charge in [0.25, 0.3) is 0 Å². The maximum absolute atomic E-state index is 13.5. The number of nitrogens with one attached hydrogen (secondary N) is 1. The quantitative estimate of drug-likeness (QED) is 0.470. The summed E-state index contributed by atoms with van der Waals surface area (Å²) in [6, 6.07) is 3.48. The molecule has 3 heterocycles. The molecule has 1 aromatic rings. The van der Waals surface area contributed by atoms with Gasteiger partial charge in [-0.2, -0.15) is 5.10 Å². The molecule has 4 rings (SSSR count). The standard InChI is InChI=1S/C22H32F2N8O2/c23-18-2-1-17(15-19(18)24)26-28-21-20(27-29-22(21)25)16-32(5-3-30-7-11-33-12-8-30)6-4-31-9-13-34-14-10-31/h1-2,15,26H,3-14,16H2,(H2,25,28,29). The number of rotatable bonds is 10. The average molecular weight is 479 g/mol. The van der Waals surface area contributed by atoms with E-state index in [9.17, 15) is 8.78 Å². The Morgan fingerprint density at radius 2 is 1.56 bits per heavy atom.